The molecule has 3 rings (SSSR count). The first-order valence-corrected chi connectivity index (χ1v) is 8.18. The minimum atomic E-state index is 0.724. The maximum atomic E-state index is 4.14. The van der Waals surface area contributed by atoms with Crippen LogP contribution in [0.4, 0.5) is 5.69 Å². The van der Waals surface area contributed by atoms with Crippen LogP contribution in [0.3, 0.4) is 0 Å². The smallest absolute Gasteiger partial charge is 0.0945 e. The first-order valence-electron chi connectivity index (χ1n) is 7.39. The normalized spacial score (nSPS) is 18.4. The standard InChI is InChI=1S/C16H21BrN4/c1-20-12-19-10-16(20)9-18-8-13-6-7-21(11-13)15-4-2-14(17)3-5-15/h2-5,10,12-13,18H,6-9,11H2,1H3/t13-/m1/s1. The zero-order valence-corrected chi connectivity index (χ0v) is 13.9. The molecule has 0 saturated carbocycles. The Morgan fingerprint density at radius 1 is 1.33 bits per heavy atom. The predicted molar refractivity (Wildman–Crippen MR) is 89.4 cm³/mol. The van der Waals surface area contributed by atoms with Gasteiger partial charge in [0.2, 0.25) is 0 Å². The largest absolute Gasteiger partial charge is 0.371 e. The van der Waals surface area contributed by atoms with Crippen molar-refractivity contribution in [2.45, 2.75) is 13.0 Å². The Morgan fingerprint density at radius 2 is 2.14 bits per heavy atom. The van der Waals surface area contributed by atoms with Crippen molar-refractivity contribution in [2.75, 3.05) is 24.5 Å². The minimum absolute atomic E-state index is 0.724. The molecule has 1 aliphatic rings. The number of hydrogen-bond donors (Lipinski definition) is 1. The lowest BCUT2D eigenvalue weighted by Gasteiger charge is -2.19. The highest BCUT2D eigenvalue weighted by Crippen LogP contribution is 2.24. The maximum Gasteiger partial charge on any atom is 0.0945 e. The first kappa shape index (κ1) is 14.6. The Hall–Kier alpha value is -1.33. The van der Waals surface area contributed by atoms with Crippen LogP contribution in [0.2, 0.25) is 0 Å². The molecule has 1 aromatic carbocycles. The van der Waals surface area contributed by atoms with Crippen molar-refractivity contribution < 1.29 is 0 Å². The summed E-state index contributed by atoms with van der Waals surface area (Å²) in [5.74, 6) is 0.724. The van der Waals surface area contributed by atoms with Crippen molar-refractivity contribution in [3.63, 3.8) is 0 Å². The monoisotopic (exact) mass is 348 g/mol. The number of halogens is 1. The van der Waals surface area contributed by atoms with Gasteiger partial charge in [-0.25, -0.2) is 4.98 Å². The summed E-state index contributed by atoms with van der Waals surface area (Å²) in [5, 5.41) is 3.56. The molecule has 0 amide bonds. The van der Waals surface area contributed by atoms with Crippen LogP contribution in [0.25, 0.3) is 0 Å². The van der Waals surface area contributed by atoms with Crippen molar-refractivity contribution in [2.24, 2.45) is 13.0 Å². The number of nitrogens with one attached hydrogen (secondary N) is 1. The van der Waals surface area contributed by atoms with E-state index in [1.165, 1.54) is 17.8 Å². The highest BCUT2D eigenvalue weighted by atomic mass is 79.9. The van der Waals surface area contributed by atoms with Crippen molar-refractivity contribution in [3.8, 4) is 0 Å². The van der Waals surface area contributed by atoms with Crippen LogP contribution in [-0.4, -0.2) is 29.2 Å². The number of nitrogens with zero attached hydrogens (tertiary/aromatic N) is 3. The molecule has 2 heterocycles. The van der Waals surface area contributed by atoms with Crippen molar-refractivity contribution in [1.29, 1.82) is 0 Å². The van der Waals surface area contributed by atoms with Crippen LogP contribution in [-0.2, 0) is 13.6 Å². The van der Waals surface area contributed by atoms with E-state index in [0.717, 1.165) is 36.6 Å². The third-order valence-corrected chi connectivity index (χ3v) is 4.66. The quantitative estimate of drug-likeness (QED) is 0.901. The maximum absolute atomic E-state index is 4.14. The highest BCUT2D eigenvalue weighted by molar-refractivity contribution is 9.10. The van der Waals surface area contributed by atoms with Gasteiger partial charge in [0.05, 0.1) is 12.0 Å². The lowest BCUT2D eigenvalue weighted by molar-refractivity contribution is 0.510. The molecule has 112 valence electrons. The van der Waals surface area contributed by atoms with Crippen molar-refractivity contribution in [1.82, 2.24) is 14.9 Å². The molecule has 0 bridgehead atoms. The summed E-state index contributed by atoms with van der Waals surface area (Å²) < 4.78 is 3.20. The van der Waals surface area contributed by atoms with E-state index in [1.807, 2.05) is 19.6 Å². The van der Waals surface area contributed by atoms with Crippen molar-refractivity contribution >= 4 is 21.6 Å². The molecule has 1 atom stereocenters. The van der Waals surface area contributed by atoms with Gasteiger partial charge in [0.15, 0.2) is 0 Å². The molecule has 21 heavy (non-hydrogen) atoms. The lowest BCUT2D eigenvalue weighted by atomic mass is 10.1. The Balaban J connectivity index is 1.46. The van der Waals surface area contributed by atoms with Gasteiger partial charge in [-0.15, -0.1) is 0 Å². The van der Waals surface area contributed by atoms with Crippen LogP contribution in [0.5, 0.6) is 0 Å². The molecule has 1 aliphatic heterocycles. The Bertz CT molecular complexity index is 578. The van der Waals surface area contributed by atoms with Gasteiger partial charge in [0, 0.05) is 49.6 Å². The van der Waals surface area contributed by atoms with Gasteiger partial charge in [-0.3, -0.25) is 0 Å². The SMILES string of the molecule is Cn1cncc1CNC[C@H]1CCN(c2ccc(Br)cc2)C1. The second-order valence-corrected chi connectivity index (χ2v) is 6.62. The van der Waals surface area contributed by atoms with E-state index in [2.05, 4.69) is 60.0 Å². The number of rotatable bonds is 5. The minimum Gasteiger partial charge on any atom is -0.371 e. The average molecular weight is 349 g/mol. The van der Waals surface area contributed by atoms with Crippen LogP contribution in [0.15, 0.2) is 41.3 Å². The van der Waals surface area contributed by atoms with Gasteiger partial charge in [-0.2, -0.15) is 0 Å². The Morgan fingerprint density at radius 3 is 2.86 bits per heavy atom. The summed E-state index contributed by atoms with van der Waals surface area (Å²) in [6.07, 6.45) is 5.03. The number of aromatic nitrogens is 2. The van der Waals surface area contributed by atoms with E-state index in [9.17, 15) is 0 Å². The summed E-state index contributed by atoms with van der Waals surface area (Å²) >= 11 is 3.49. The molecule has 0 spiro atoms. The number of anilines is 1. The van der Waals surface area contributed by atoms with E-state index < -0.39 is 0 Å². The third kappa shape index (κ3) is 3.66. The Kier molecular flexibility index (Phi) is 4.60. The van der Waals surface area contributed by atoms with E-state index in [1.54, 1.807) is 0 Å². The number of imidazole rings is 1. The molecule has 0 aliphatic carbocycles. The average Bonchev–Trinajstić information content (AvgIpc) is 3.10. The van der Waals surface area contributed by atoms with Gasteiger partial charge < -0.3 is 14.8 Å². The molecular weight excluding hydrogens is 328 g/mol. The molecule has 1 saturated heterocycles. The van der Waals surface area contributed by atoms with Gasteiger partial charge >= 0.3 is 0 Å². The number of benzene rings is 1. The van der Waals surface area contributed by atoms with Crippen LogP contribution in [0.1, 0.15) is 12.1 Å². The summed E-state index contributed by atoms with van der Waals surface area (Å²) in [6.45, 7) is 4.25. The molecule has 0 unspecified atom stereocenters. The van der Waals surface area contributed by atoms with E-state index in [-0.39, 0.29) is 0 Å². The zero-order valence-electron chi connectivity index (χ0n) is 12.3. The molecule has 4 nitrogen and oxygen atoms in total. The summed E-state index contributed by atoms with van der Waals surface area (Å²) in [7, 11) is 2.04. The number of hydrogen-bond acceptors (Lipinski definition) is 3. The van der Waals surface area contributed by atoms with Gasteiger partial charge in [0.25, 0.3) is 0 Å². The van der Waals surface area contributed by atoms with E-state index >= 15 is 0 Å². The fraction of sp³-hybridized carbons (Fsp3) is 0.438. The molecule has 5 heteroatoms. The summed E-state index contributed by atoms with van der Waals surface area (Å²) in [4.78, 5) is 6.62. The second-order valence-electron chi connectivity index (χ2n) is 5.70. The van der Waals surface area contributed by atoms with Crippen LogP contribution >= 0.6 is 15.9 Å². The van der Waals surface area contributed by atoms with Gasteiger partial charge in [0.1, 0.15) is 0 Å². The third-order valence-electron chi connectivity index (χ3n) is 4.13. The van der Waals surface area contributed by atoms with Crippen LogP contribution < -0.4 is 10.2 Å². The molecular formula is C16H21BrN4. The molecule has 1 aromatic heterocycles. The number of aryl methyl sites for hydroxylation is 1. The fourth-order valence-corrected chi connectivity index (χ4v) is 3.11. The molecule has 2 aromatic rings. The molecule has 1 fully saturated rings. The topological polar surface area (TPSA) is 33.1 Å². The van der Waals surface area contributed by atoms with Crippen molar-refractivity contribution in [3.05, 3.63) is 47.0 Å². The zero-order chi connectivity index (χ0) is 14.7. The van der Waals surface area contributed by atoms with Crippen LogP contribution in [0, 0.1) is 5.92 Å². The molecule has 1 N–H and O–H groups in total. The Labute approximate surface area is 134 Å². The molecule has 0 radical (unpaired) electrons. The lowest BCUT2D eigenvalue weighted by Crippen LogP contribution is -2.26. The predicted octanol–water partition coefficient (Wildman–Crippen LogP) is 2.80. The fourth-order valence-electron chi connectivity index (χ4n) is 2.84. The van der Waals surface area contributed by atoms with E-state index in [4.69, 9.17) is 0 Å². The first-order chi connectivity index (χ1) is 10.2. The second kappa shape index (κ2) is 6.62. The van der Waals surface area contributed by atoms with Gasteiger partial charge in [-0.05, 0) is 36.6 Å². The van der Waals surface area contributed by atoms with Gasteiger partial charge in [-0.1, -0.05) is 15.9 Å². The van der Waals surface area contributed by atoms with E-state index in [0.29, 0.717) is 0 Å². The summed E-state index contributed by atoms with van der Waals surface area (Å²) in [5.41, 5.74) is 2.56. The summed E-state index contributed by atoms with van der Waals surface area (Å²) in [6, 6.07) is 8.61. The highest BCUT2D eigenvalue weighted by Gasteiger charge is 2.22.